The number of benzene rings is 1. The number of ether oxygens (including phenoxy) is 3. The normalized spacial score (nSPS) is 21.1. The van der Waals surface area contributed by atoms with Gasteiger partial charge in [0.25, 0.3) is 0 Å². The number of carbonyl (C=O) groups excluding carboxylic acids is 1. The van der Waals surface area contributed by atoms with Crippen molar-refractivity contribution < 1.29 is 19.0 Å². The molecule has 0 radical (unpaired) electrons. The molecule has 1 fully saturated rings. The van der Waals surface area contributed by atoms with E-state index in [1.807, 2.05) is 41.3 Å². The van der Waals surface area contributed by atoms with Crippen molar-refractivity contribution in [1.29, 1.82) is 0 Å². The molecule has 8 nitrogen and oxygen atoms in total. The summed E-state index contributed by atoms with van der Waals surface area (Å²) in [6.07, 6.45) is 1.62. The van der Waals surface area contributed by atoms with Gasteiger partial charge < -0.3 is 18.8 Å². The average molecular weight is 409 g/mol. The molecule has 0 bridgehead atoms. The molecule has 4 heterocycles. The Kier molecular flexibility index (Phi) is 4.05. The van der Waals surface area contributed by atoms with Crippen LogP contribution in [0.2, 0.25) is 0 Å². The minimum absolute atomic E-state index is 0.0249. The van der Waals surface area contributed by atoms with E-state index in [-0.39, 0.29) is 29.7 Å². The van der Waals surface area contributed by atoms with Gasteiger partial charge in [-0.1, -0.05) is 12.1 Å². The van der Waals surface area contributed by atoms with Crippen LogP contribution in [0.15, 0.2) is 35.3 Å². The van der Waals surface area contributed by atoms with E-state index in [1.165, 1.54) is 6.07 Å². The first kappa shape index (κ1) is 18.9. The Morgan fingerprint density at radius 1 is 1.37 bits per heavy atom. The zero-order chi connectivity index (χ0) is 21.2. The van der Waals surface area contributed by atoms with E-state index in [0.29, 0.717) is 18.1 Å². The Labute approximate surface area is 173 Å². The molecule has 8 heteroatoms. The second kappa shape index (κ2) is 6.43. The molecular formula is C22H23N3O5. The van der Waals surface area contributed by atoms with Crippen LogP contribution in [0.3, 0.4) is 0 Å². The lowest BCUT2D eigenvalue weighted by atomic mass is 9.91. The highest BCUT2D eigenvalue weighted by atomic mass is 16.5. The van der Waals surface area contributed by atoms with Crippen LogP contribution in [0, 0.1) is 0 Å². The maximum Gasteiger partial charge on any atom is 0.343 e. The van der Waals surface area contributed by atoms with Crippen LogP contribution in [-0.2, 0) is 9.47 Å². The molecule has 2 aliphatic heterocycles. The summed E-state index contributed by atoms with van der Waals surface area (Å²) in [6.45, 7) is 6.42. The lowest BCUT2D eigenvalue weighted by Gasteiger charge is -2.37. The van der Waals surface area contributed by atoms with Gasteiger partial charge in [-0.3, -0.25) is 9.48 Å². The molecule has 1 saturated heterocycles. The van der Waals surface area contributed by atoms with E-state index in [2.05, 4.69) is 0 Å². The summed E-state index contributed by atoms with van der Waals surface area (Å²) in [7, 11) is 1.61. The third-order valence-electron chi connectivity index (χ3n) is 6.05. The third kappa shape index (κ3) is 2.46. The van der Waals surface area contributed by atoms with Crippen LogP contribution in [0.4, 0.5) is 0 Å². The van der Waals surface area contributed by atoms with Crippen molar-refractivity contribution in [1.82, 2.24) is 14.3 Å². The summed E-state index contributed by atoms with van der Waals surface area (Å²) in [5, 5.41) is 5.74. The summed E-state index contributed by atoms with van der Waals surface area (Å²) < 4.78 is 20.7. The standard InChI is InChI=1S/C22H23N3O5/c1-5-29-21(27)13-10-24-14(9-16(13)26)19-12-7-6-8-17(28-4)18(12)23-25(19)15-11-30-22(2,3)20(15)24/h6-10,15,20H,5,11H2,1-4H3. The van der Waals surface area contributed by atoms with Crippen molar-refractivity contribution in [3.8, 4) is 17.1 Å². The highest BCUT2D eigenvalue weighted by Gasteiger charge is 2.50. The quantitative estimate of drug-likeness (QED) is 0.619. The summed E-state index contributed by atoms with van der Waals surface area (Å²) >= 11 is 0. The number of hydrogen-bond donors (Lipinski definition) is 0. The molecule has 0 N–H and O–H groups in total. The average Bonchev–Trinajstić information content (AvgIpc) is 3.25. The molecule has 0 aliphatic carbocycles. The second-order valence-corrected chi connectivity index (χ2v) is 8.14. The maximum atomic E-state index is 12.9. The molecule has 2 aromatic heterocycles. The Morgan fingerprint density at radius 3 is 2.90 bits per heavy atom. The number of esters is 1. The van der Waals surface area contributed by atoms with E-state index in [9.17, 15) is 9.59 Å². The van der Waals surface area contributed by atoms with Crippen LogP contribution in [0.25, 0.3) is 22.3 Å². The molecule has 30 heavy (non-hydrogen) atoms. The molecule has 5 rings (SSSR count). The summed E-state index contributed by atoms with van der Waals surface area (Å²) in [5.74, 6) is 0.0536. The van der Waals surface area contributed by atoms with E-state index < -0.39 is 11.6 Å². The van der Waals surface area contributed by atoms with E-state index in [0.717, 1.165) is 16.6 Å². The van der Waals surface area contributed by atoms with Gasteiger partial charge in [-0.25, -0.2) is 4.79 Å². The van der Waals surface area contributed by atoms with Gasteiger partial charge in [0.2, 0.25) is 0 Å². The molecule has 2 unspecified atom stereocenters. The van der Waals surface area contributed by atoms with Crippen LogP contribution in [0.5, 0.6) is 5.75 Å². The number of hydrogen-bond acceptors (Lipinski definition) is 6. The van der Waals surface area contributed by atoms with Gasteiger partial charge >= 0.3 is 5.97 Å². The number of aromatic nitrogens is 3. The minimum Gasteiger partial charge on any atom is -0.494 e. The van der Waals surface area contributed by atoms with E-state index in [4.69, 9.17) is 19.3 Å². The fourth-order valence-electron chi connectivity index (χ4n) is 4.75. The maximum absolute atomic E-state index is 12.9. The van der Waals surface area contributed by atoms with Crippen LogP contribution >= 0.6 is 0 Å². The number of nitrogens with zero attached hydrogens (tertiary/aromatic N) is 3. The molecule has 0 saturated carbocycles. The topological polar surface area (TPSA) is 84.6 Å². The van der Waals surface area contributed by atoms with E-state index >= 15 is 0 Å². The fourth-order valence-corrected chi connectivity index (χ4v) is 4.75. The molecule has 2 aliphatic rings. The monoisotopic (exact) mass is 409 g/mol. The van der Waals surface area contributed by atoms with Gasteiger partial charge in [0.1, 0.15) is 16.8 Å². The smallest absolute Gasteiger partial charge is 0.343 e. The van der Waals surface area contributed by atoms with Gasteiger partial charge in [0.15, 0.2) is 5.43 Å². The molecule has 1 aromatic carbocycles. The van der Waals surface area contributed by atoms with Crippen LogP contribution in [-0.4, -0.2) is 46.2 Å². The first-order chi connectivity index (χ1) is 14.4. The number of rotatable bonds is 3. The molecule has 2 atom stereocenters. The SMILES string of the molecule is CCOC(=O)c1cn2c(cc1=O)-c1c3cccc(OC)c3nn1C1COC(C)(C)C12. The van der Waals surface area contributed by atoms with Crippen molar-refractivity contribution in [2.24, 2.45) is 0 Å². The van der Waals surface area contributed by atoms with Crippen LogP contribution in [0.1, 0.15) is 43.2 Å². The van der Waals surface area contributed by atoms with Gasteiger partial charge in [0, 0.05) is 17.6 Å². The van der Waals surface area contributed by atoms with Crippen molar-refractivity contribution in [2.75, 3.05) is 20.3 Å². The molecule has 156 valence electrons. The lowest BCUT2D eigenvalue weighted by molar-refractivity contribution is 0.0144. The molecule has 0 spiro atoms. The highest BCUT2D eigenvalue weighted by Crippen LogP contribution is 2.50. The van der Waals surface area contributed by atoms with Crippen molar-refractivity contribution in [2.45, 2.75) is 38.5 Å². The largest absolute Gasteiger partial charge is 0.494 e. The zero-order valence-electron chi connectivity index (χ0n) is 17.3. The summed E-state index contributed by atoms with van der Waals surface area (Å²) in [5.41, 5.74) is 1.38. The lowest BCUT2D eigenvalue weighted by Crippen LogP contribution is -2.38. The van der Waals surface area contributed by atoms with Crippen molar-refractivity contribution >= 4 is 16.9 Å². The van der Waals surface area contributed by atoms with Gasteiger partial charge in [-0.05, 0) is 26.8 Å². The minimum atomic E-state index is -0.614. The zero-order valence-corrected chi connectivity index (χ0v) is 17.3. The summed E-state index contributed by atoms with van der Waals surface area (Å²) in [4.78, 5) is 25.2. The molecule has 3 aromatic rings. The highest BCUT2D eigenvalue weighted by molar-refractivity contribution is 5.97. The number of methoxy groups -OCH3 is 1. The van der Waals surface area contributed by atoms with Crippen molar-refractivity contribution in [3.63, 3.8) is 0 Å². The first-order valence-corrected chi connectivity index (χ1v) is 10.00. The predicted molar refractivity (Wildman–Crippen MR) is 110 cm³/mol. The first-order valence-electron chi connectivity index (χ1n) is 10.00. The number of fused-ring (bicyclic) bond motifs is 8. The Hall–Kier alpha value is -3.13. The number of pyridine rings is 1. The Bertz CT molecular complexity index is 1240. The van der Waals surface area contributed by atoms with Gasteiger partial charge in [-0.15, -0.1) is 0 Å². The van der Waals surface area contributed by atoms with Gasteiger partial charge in [0.05, 0.1) is 49.4 Å². The Morgan fingerprint density at radius 2 is 2.17 bits per heavy atom. The number of carbonyl (C=O) groups is 1. The summed E-state index contributed by atoms with van der Waals surface area (Å²) in [6, 6.07) is 7.01. The van der Waals surface area contributed by atoms with E-state index in [1.54, 1.807) is 20.2 Å². The fraction of sp³-hybridized carbons (Fsp3) is 0.409. The molecule has 0 amide bonds. The van der Waals surface area contributed by atoms with Gasteiger partial charge in [-0.2, -0.15) is 5.10 Å². The second-order valence-electron chi connectivity index (χ2n) is 8.14. The third-order valence-corrected chi connectivity index (χ3v) is 6.05. The molecular weight excluding hydrogens is 386 g/mol. The predicted octanol–water partition coefficient (Wildman–Crippen LogP) is 2.95. The Balaban J connectivity index is 1.84. The van der Waals surface area contributed by atoms with Crippen LogP contribution < -0.4 is 10.2 Å². The van der Waals surface area contributed by atoms with Crippen molar-refractivity contribution in [3.05, 3.63) is 46.2 Å².